The second-order valence-corrected chi connectivity index (χ2v) is 4.61. The van der Waals surface area contributed by atoms with Crippen LogP contribution in [0.1, 0.15) is 5.56 Å². The summed E-state index contributed by atoms with van der Waals surface area (Å²) < 4.78 is 0. The highest BCUT2D eigenvalue weighted by Gasteiger charge is 2.03. The zero-order chi connectivity index (χ0) is 13.9. The van der Waals surface area contributed by atoms with Crippen LogP contribution in [0.25, 0.3) is 22.0 Å². The summed E-state index contributed by atoms with van der Waals surface area (Å²) in [5, 5.41) is 21.4. The van der Waals surface area contributed by atoms with Gasteiger partial charge in [-0.05, 0) is 35.9 Å². The molecular formula is C16H12N4. The summed E-state index contributed by atoms with van der Waals surface area (Å²) in [4.78, 5) is 0. The Morgan fingerprint density at radius 1 is 0.950 bits per heavy atom. The summed E-state index contributed by atoms with van der Waals surface area (Å²) in [6.45, 7) is 2.08. The molecule has 4 nitrogen and oxygen atoms in total. The fraction of sp³-hybridized carbons (Fsp3) is 0.0625. The first-order valence-corrected chi connectivity index (χ1v) is 6.26. The van der Waals surface area contributed by atoms with Crippen molar-refractivity contribution < 1.29 is 0 Å². The van der Waals surface area contributed by atoms with Crippen LogP contribution in [0.2, 0.25) is 0 Å². The second kappa shape index (κ2) is 4.98. The normalized spacial score (nSPS) is 10.2. The van der Waals surface area contributed by atoms with E-state index in [0.29, 0.717) is 5.82 Å². The Kier molecular flexibility index (Phi) is 3.02. The van der Waals surface area contributed by atoms with E-state index in [1.54, 1.807) is 6.07 Å². The molecule has 0 radical (unpaired) electrons. The van der Waals surface area contributed by atoms with Gasteiger partial charge in [0.05, 0.1) is 5.69 Å². The Morgan fingerprint density at radius 3 is 2.50 bits per heavy atom. The highest BCUT2D eigenvalue weighted by Crippen LogP contribution is 2.23. The van der Waals surface area contributed by atoms with Crippen molar-refractivity contribution in [1.82, 2.24) is 10.2 Å². The fourth-order valence-corrected chi connectivity index (χ4v) is 2.13. The molecule has 0 unspecified atom stereocenters. The van der Waals surface area contributed by atoms with Crippen LogP contribution in [-0.4, -0.2) is 10.2 Å². The quantitative estimate of drug-likeness (QED) is 0.566. The number of hydrogen-bond acceptors (Lipinski definition) is 4. The Morgan fingerprint density at radius 2 is 1.75 bits per heavy atom. The maximum Gasteiger partial charge on any atom is 0.182 e. The van der Waals surface area contributed by atoms with Crippen molar-refractivity contribution in [3.05, 3.63) is 54.1 Å². The molecule has 0 atom stereocenters. The Balaban J connectivity index is 2.01. The monoisotopic (exact) mass is 260 g/mol. The standard InChI is InChI=1S/C16H12N4/c1-11-2-3-13-9-14(5-4-12(13)8-11)15-6-7-16(18-10-17)20-19-15/h2-9H,1H3,(H,18,20). The minimum Gasteiger partial charge on any atom is -0.275 e. The molecule has 0 amide bonds. The molecule has 0 spiro atoms. The molecule has 3 aromatic rings. The molecule has 0 fully saturated rings. The highest BCUT2D eigenvalue weighted by molar-refractivity contribution is 5.87. The lowest BCUT2D eigenvalue weighted by molar-refractivity contribution is 1.04. The number of nitrogens with zero attached hydrogens (tertiary/aromatic N) is 3. The molecule has 0 aliphatic carbocycles. The average molecular weight is 260 g/mol. The van der Waals surface area contributed by atoms with Crippen LogP contribution < -0.4 is 5.32 Å². The van der Waals surface area contributed by atoms with Gasteiger partial charge in [0, 0.05) is 5.56 Å². The molecule has 1 aromatic heterocycles. The number of aryl methyl sites for hydroxylation is 1. The van der Waals surface area contributed by atoms with Crippen molar-refractivity contribution in [2.45, 2.75) is 6.92 Å². The number of nitrogens with one attached hydrogen (secondary N) is 1. The molecule has 1 heterocycles. The molecule has 0 aliphatic heterocycles. The molecule has 0 bridgehead atoms. The summed E-state index contributed by atoms with van der Waals surface area (Å²) in [5.74, 6) is 0.452. The third-order valence-electron chi connectivity index (χ3n) is 3.14. The van der Waals surface area contributed by atoms with Gasteiger partial charge in [-0.15, -0.1) is 10.2 Å². The van der Waals surface area contributed by atoms with Crippen molar-refractivity contribution in [2.24, 2.45) is 0 Å². The van der Waals surface area contributed by atoms with Gasteiger partial charge < -0.3 is 0 Å². The van der Waals surface area contributed by atoms with Gasteiger partial charge in [0.2, 0.25) is 0 Å². The van der Waals surface area contributed by atoms with Gasteiger partial charge in [0.1, 0.15) is 0 Å². The van der Waals surface area contributed by atoms with Crippen molar-refractivity contribution in [1.29, 1.82) is 5.26 Å². The topological polar surface area (TPSA) is 61.6 Å². The Bertz CT molecular complexity index is 801. The molecular weight excluding hydrogens is 248 g/mol. The Hall–Kier alpha value is -2.93. The number of fused-ring (bicyclic) bond motifs is 1. The number of rotatable bonds is 2. The van der Waals surface area contributed by atoms with Gasteiger partial charge in [-0.25, -0.2) is 0 Å². The third-order valence-corrected chi connectivity index (χ3v) is 3.14. The maximum absolute atomic E-state index is 8.52. The number of nitriles is 1. The predicted molar refractivity (Wildman–Crippen MR) is 78.9 cm³/mol. The number of aromatic nitrogens is 2. The van der Waals surface area contributed by atoms with Crippen LogP contribution in [-0.2, 0) is 0 Å². The summed E-state index contributed by atoms with van der Waals surface area (Å²) in [5.41, 5.74) is 3.05. The van der Waals surface area contributed by atoms with Gasteiger partial charge in [0.25, 0.3) is 0 Å². The van der Waals surface area contributed by atoms with Crippen LogP contribution in [0.4, 0.5) is 5.82 Å². The predicted octanol–water partition coefficient (Wildman–Crippen LogP) is 3.50. The highest BCUT2D eigenvalue weighted by atomic mass is 15.2. The van der Waals surface area contributed by atoms with E-state index in [9.17, 15) is 0 Å². The number of hydrogen-bond donors (Lipinski definition) is 1. The van der Waals surface area contributed by atoms with E-state index >= 15 is 0 Å². The van der Waals surface area contributed by atoms with E-state index in [1.165, 1.54) is 16.3 Å². The zero-order valence-corrected chi connectivity index (χ0v) is 11.0. The van der Waals surface area contributed by atoms with E-state index in [1.807, 2.05) is 18.3 Å². The van der Waals surface area contributed by atoms with Crippen LogP contribution in [0.3, 0.4) is 0 Å². The second-order valence-electron chi connectivity index (χ2n) is 4.61. The lowest BCUT2D eigenvalue weighted by Gasteiger charge is -2.04. The smallest absolute Gasteiger partial charge is 0.182 e. The molecule has 20 heavy (non-hydrogen) atoms. The molecule has 0 saturated carbocycles. The van der Waals surface area contributed by atoms with E-state index in [-0.39, 0.29) is 0 Å². The minimum absolute atomic E-state index is 0.452. The molecule has 4 heteroatoms. The first-order valence-electron chi connectivity index (χ1n) is 6.26. The summed E-state index contributed by atoms with van der Waals surface area (Å²) >= 11 is 0. The van der Waals surface area contributed by atoms with Gasteiger partial charge in [0.15, 0.2) is 12.0 Å². The lowest BCUT2D eigenvalue weighted by atomic mass is 10.0. The van der Waals surface area contributed by atoms with Crippen molar-refractivity contribution in [3.63, 3.8) is 0 Å². The van der Waals surface area contributed by atoms with Crippen molar-refractivity contribution in [2.75, 3.05) is 5.32 Å². The molecule has 96 valence electrons. The van der Waals surface area contributed by atoms with Crippen LogP contribution in [0.15, 0.2) is 48.5 Å². The first-order chi connectivity index (χ1) is 9.76. The molecule has 0 saturated heterocycles. The van der Waals surface area contributed by atoms with E-state index in [4.69, 9.17) is 5.26 Å². The van der Waals surface area contributed by atoms with Crippen LogP contribution in [0, 0.1) is 18.4 Å². The average Bonchev–Trinajstić information content (AvgIpc) is 2.48. The molecule has 2 aromatic carbocycles. The SMILES string of the molecule is Cc1ccc2cc(-c3ccc(NC#N)nn3)ccc2c1. The molecule has 0 aliphatic rings. The number of benzene rings is 2. The van der Waals surface area contributed by atoms with Crippen molar-refractivity contribution in [3.8, 4) is 17.5 Å². The molecule has 3 rings (SSSR count). The van der Waals surface area contributed by atoms with Crippen LogP contribution in [0.5, 0.6) is 0 Å². The van der Waals surface area contributed by atoms with E-state index < -0.39 is 0 Å². The summed E-state index contributed by atoms with van der Waals surface area (Å²) in [7, 11) is 0. The van der Waals surface area contributed by atoms with Crippen molar-refractivity contribution >= 4 is 16.6 Å². The zero-order valence-electron chi connectivity index (χ0n) is 11.0. The van der Waals surface area contributed by atoms with Gasteiger partial charge in [-0.1, -0.05) is 35.9 Å². The van der Waals surface area contributed by atoms with E-state index in [2.05, 4.69) is 52.8 Å². The maximum atomic E-state index is 8.52. The molecule has 1 N–H and O–H groups in total. The lowest BCUT2D eigenvalue weighted by Crippen LogP contribution is -1.94. The fourth-order valence-electron chi connectivity index (χ4n) is 2.13. The first kappa shape index (κ1) is 12.1. The largest absolute Gasteiger partial charge is 0.275 e. The van der Waals surface area contributed by atoms with Crippen LogP contribution >= 0.6 is 0 Å². The van der Waals surface area contributed by atoms with E-state index in [0.717, 1.165) is 11.3 Å². The van der Waals surface area contributed by atoms with Gasteiger partial charge >= 0.3 is 0 Å². The summed E-state index contributed by atoms with van der Waals surface area (Å²) in [6.07, 6.45) is 1.82. The van der Waals surface area contributed by atoms with Gasteiger partial charge in [-0.3, -0.25) is 5.32 Å². The van der Waals surface area contributed by atoms with Gasteiger partial charge in [-0.2, -0.15) is 5.26 Å². The Labute approximate surface area is 116 Å². The number of anilines is 1. The summed E-state index contributed by atoms with van der Waals surface area (Å²) in [6, 6.07) is 16.2. The minimum atomic E-state index is 0.452. The third kappa shape index (κ3) is 2.29.